The molecule has 2 aliphatic rings. The summed E-state index contributed by atoms with van der Waals surface area (Å²) in [6.45, 7) is 4.57. The number of carbonyl (C=O) groups excluding carboxylic acids is 1. The number of carbonyl (C=O) groups is 1. The van der Waals surface area contributed by atoms with Crippen molar-refractivity contribution in [2.75, 3.05) is 32.8 Å². The van der Waals surface area contributed by atoms with Crippen LogP contribution in [0.25, 0.3) is 0 Å². The largest absolute Gasteiger partial charge is 0.377 e. The molecular weight excluding hydrogens is 314 g/mol. The molecule has 0 saturated carbocycles. The number of hydrogen-bond acceptors (Lipinski definition) is 4. The summed E-state index contributed by atoms with van der Waals surface area (Å²) in [7, 11) is 0. The number of pyridine rings is 1. The van der Waals surface area contributed by atoms with Gasteiger partial charge in [0.1, 0.15) is 5.15 Å². The second-order valence-corrected chi connectivity index (χ2v) is 6.77. The molecule has 3 rings (SSSR count). The Morgan fingerprint density at radius 3 is 2.83 bits per heavy atom. The highest BCUT2D eigenvalue weighted by Crippen LogP contribution is 2.16. The number of ether oxygens (including phenoxy) is 1. The lowest BCUT2D eigenvalue weighted by Gasteiger charge is -2.27. The lowest BCUT2D eigenvalue weighted by atomic mass is 10.2. The fourth-order valence-electron chi connectivity index (χ4n) is 3.28. The smallest absolute Gasteiger partial charge is 0.236 e. The van der Waals surface area contributed by atoms with Gasteiger partial charge in [-0.1, -0.05) is 17.7 Å². The summed E-state index contributed by atoms with van der Waals surface area (Å²) >= 11 is 5.85. The van der Waals surface area contributed by atoms with Crippen LogP contribution in [0.2, 0.25) is 5.15 Å². The fraction of sp³-hybridized carbons (Fsp3) is 0.647. The quantitative estimate of drug-likeness (QED) is 0.747. The summed E-state index contributed by atoms with van der Waals surface area (Å²) in [6, 6.07) is 3.77. The number of rotatable bonds is 6. The molecule has 3 heterocycles. The van der Waals surface area contributed by atoms with Gasteiger partial charge in [-0.25, -0.2) is 4.98 Å². The Labute approximate surface area is 142 Å². The fourth-order valence-corrected chi connectivity index (χ4v) is 3.39. The third-order valence-electron chi connectivity index (χ3n) is 4.50. The number of likely N-dealkylation sites (tertiary alicyclic amines) is 1. The predicted octanol–water partition coefficient (Wildman–Crippen LogP) is 2.34. The first-order chi connectivity index (χ1) is 11.2. The van der Waals surface area contributed by atoms with Crippen molar-refractivity contribution in [1.29, 1.82) is 0 Å². The molecule has 2 aliphatic heterocycles. The molecule has 1 aromatic rings. The van der Waals surface area contributed by atoms with Gasteiger partial charge in [-0.05, 0) is 37.3 Å². The van der Waals surface area contributed by atoms with Crippen LogP contribution in [0.5, 0.6) is 0 Å². The van der Waals surface area contributed by atoms with E-state index in [1.54, 1.807) is 12.3 Å². The van der Waals surface area contributed by atoms with Crippen molar-refractivity contribution in [2.45, 2.75) is 38.3 Å². The molecule has 0 bridgehead atoms. The molecule has 0 aromatic carbocycles. The minimum atomic E-state index is 0.224. The van der Waals surface area contributed by atoms with Crippen LogP contribution in [-0.2, 0) is 16.1 Å². The van der Waals surface area contributed by atoms with Gasteiger partial charge in [-0.2, -0.15) is 0 Å². The van der Waals surface area contributed by atoms with Crippen LogP contribution >= 0.6 is 11.6 Å². The first kappa shape index (κ1) is 16.7. The second-order valence-electron chi connectivity index (χ2n) is 6.38. The summed E-state index contributed by atoms with van der Waals surface area (Å²) in [4.78, 5) is 20.8. The third-order valence-corrected chi connectivity index (χ3v) is 4.72. The Hall–Kier alpha value is -1.17. The van der Waals surface area contributed by atoms with Gasteiger partial charge < -0.3 is 9.64 Å². The number of nitrogens with zero attached hydrogens (tertiary/aromatic N) is 3. The third kappa shape index (κ3) is 4.90. The zero-order valence-corrected chi connectivity index (χ0v) is 14.2. The maximum atomic E-state index is 12.5. The number of halogens is 1. The van der Waals surface area contributed by atoms with Gasteiger partial charge in [-0.3, -0.25) is 9.69 Å². The van der Waals surface area contributed by atoms with Crippen LogP contribution in [0.1, 0.15) is 31.2 Å². The minimum absolute atomic E-state index is 0.224. The van der Waals surface area contributed by atoms with Crippen LogP contribution in [0.4, 0.5) is 0 Å². The molecule has 0 radical (unpaired) electrons. The van der Waals surface area contributed by atoms with E-state index in [1.165, 1.54) is 0 Å². The predicted molar refractivity (Wildman–Crippen MR) is 89.3 cm³/mol. The van der Waals surface area contributed by atoms with E-state index in [-0.39, 0.29) is 12.0 Å². The van der Waals surface area contributed by atoms with Crippen molar-refractivity contribution < 1.29 is 9.53 Å². The molecule has 2 fully saturated rings. The van der Waals surface area contributed by atoms with Crippen molar-refractivity contribution in [3.8, 4) is 0 Å². The van der Waals surface area contributed by atoms with Crippen LogP contribution in [0.3, 0.4) is 0 Å². The average molecular weight is 338 g/mol. The van der Waals surface area contributed by atoms with E-state index >= 15 is 0 Å². The summed E-state index contributed by atoms with van der Waals surface area (Å²) < 4.78 is 5.74. The monoisotopic (exact) mass is 337 g/mol. The Bertz CT molecular complexity index is 511. The van der Waals surface area contributed by atoms with Crippen LogP contribution in [0, 0.1) is 0 Å². The Kier molecular flexibility index (Phi) is 5.86. The van der Waals surface area contributed by atoms with E-state index in [1.807, 2.05) is 11.0 Å². The SMILES string of the molecule is O=C(CN(Cc1ccc(Cl)nc1)C[C@H]1CCCO1)N1CCCC1. The zero-order valence-electron chi connectivity index (χ0n) is 13.4. The lowest BCUT2D eigenvalue weighted by molar-refractivity contribution is -0.131. The van der Waals surface area contributed by atoms with Gasteiger partial charge >= 0.3 is 0 Å². The Morgan fingerprint density at radius 2 is 2.17 bits per heavy atom. The van der Waals surface area contributed by atoms with Crippen LogP contribution < -0.4 is 0 Å². The van der Waals surface area contributed by atoms with E-state index in [0.29, 0.717) is 18.2 Å². The van der Waals surface area contributed by atoms with Gasteiger partial charge in [0.2, 0.25) is 5.91 Å². The molecule has 2 saturated heterocycles. The molecule has 23 heavy (non-hydrogen) atoms. The van der Waals surface area contributed by atoms with E-state index in [0.717, 1.165) is 57.5 Å². The molecule has 0 N–H and O–H groups in total. The molecule has 0 aliphatic carbocycles. The maximum Gasteiger partial charge on any atom is 0.236 e. The molecule has 126 valence electrons. The highest BCUT2D eigenvalue weighted by Gasteiger charge is 2.24. The first-order valence-electron chi connectivity index (χ1n) is 8.43. The Balaban J connectivity index is 1.62. The summed E-state index contributed by atoms with van der Waals surface area (Å²) in [5, 5.41) is 0.493. The molecule has 5 nitrogen and oxygen atoms in total. The maximum absolute atomic E-state index is 12.5. The highest BCUT2D eigenvalue weighted by molar-refractivity contribution is 6.29. The molecule has 1 amide bonds. The van der Waals surface area contributed by atoms with E-state index in [2.05, 4.69) is 9.88 Å². The van der Waals surface area contributed by atoms with Crippen molar-refractivity contribution in [3.63, 3.8) is 0 Å². The van der Waals surface area contributed by atoms with E-state index in [4.69, 9.17) is 16.3 Å². The summed E-state index contributed by atoms with van der Waals surface area (Å²) in [5.74, 6) is 0.224. The summed E-state index contributed by atoms with van der Waals surface area (Å²) in [6.07, 6.45) is 6.46. The minimum Gasteiger partial charge on any atom is -0.377 e. The van der Waals surface area contributed by atoms with Gasteiger partial charge in [-0.15, -0.1) is 0 Å². The molecular formula is C17H24ClN3O2. The van der Waals surface area contributed by atoms with Gasteiger partial charge in [0.15, 0.2) is 0 Å². The molecule has 0 spiro atoms. The van der Waals surface area contributed by atoms with Gasteiger partial charge in [0, 0.05) is 39.0 Å². The van der Waals surface area contributed by atoms with Crippen LogP contribution in [0.15, 0.2) is 18.3 Å². The standard InChI is InChI=1S/C17H24ClN3O2/c18-16-6-5-14(10-19-16)11-20(12-15-4-3-9-23-15)13-17(22)21-7-1-2-8-21/h5-6,10,15H,1-4,7-9,11-13H2/t15-/m1/s1. The van der Waals surface area contributed by atoms with Crippen molar-refractivity contribution >= 4 is 17.5 Å². The van der Waals surface area contributed by atoms with Crippen molar-refractivity contribution in [3.05, 3.63) is 29.0 Å². The number of aromatic nitrogens is 1. The van der Waals surface area contributed by atoms with E-state index < -0.39 is 0 Å². The number of amides is 1. The Morgan fingerprint density at radius 1 is 1.35 bits per heavy atom. The normalized spacial score (nSPS) is 21.3. The molecule has 0 unspecified atom stereocenters. The second kappa shape index (κ2) is 8.08. The van der Waals surface area contributed by atoms with Crippen molar-refractivity contribution in [1.82, 2.24) is 14.8 Å². The molecule has 6 heteroatoms. The molecule has 1 aromatic heterocycles. The average Bonchev–Trinajstić information content (AvgIpc) is 3.22. The van der Waals surface area contributed by atoms with Crippen molar-refractivity contribution in [2.24, 2.45) is 0 Å². The molecule has 1 atom stereocenters. The lowest BCUT2D eigenvalue weighted by Crippen LogP contribution is -2.41. The topological polar surface area (TPSA) is 45.7 Å². The summed E-state index contributed by atoms with van der Waals surface area (Å²) in [5.41, 5.74) is 1.07. The van der Waals surface area contributed by atoms with E-state index in [9.17, 15) is 4.79 Å². The first-order valence-corrected chi connectivity index (χ1v) is 8.80. The van der Waals surface area contributed by atoms with Gasteiger partial charge in [0.05, 0.1) is 12.6 Å². The zero-order chi connectivity index (χ0) is 16.1. The highest BCUT2D eigenvalue weighted by atomic mass is 35.5. The van der Waals surface area contributed by atoms with Gasteiger partial charge in [0.25, 0.3) is 0 Å². The van der Waals surface area contributed by atoms with Crippen LogP contribution in [-0.4, -0.2) is 59.6 Å². The number of hydrogen-bond donors (Lipinski definition) is 0.